The van der Waals surface area contributed by atoms with Gasteiger partial charge in [0.1, 0.15) is 6.61 Å². The molecular formula is C54H88NO7+. The van der Waals surface area contributed by atoms with Crippen molar-refractivity contribution in [3.63, 3.8) is 0 Å². The smallest absolute Gasteiger partial charge is 0.362 e. The molecule has 0 bridgehead atoms. The fourth-order valence-corrected chi connectivity index (χ4v) is 6.28. The van der Waals surface area contributed by atoms with Crippen LogP contribution in [0.25, 0.3) is 0 Å². The van der Waals surface area contributed by atoms with E-state index in [0.29, 0.717) is 19.3 Å². The number of carboxylic acid groups (broad SMARTS) is 1. The van der Waals surface area contributed by atoms with E-state index in [1.165, 1.54) is 12.8 Å². The van der Waals surface area contributed by atoms with Crippen molar-refractivity contribution in [2.45, 2.75) is 174 Å². The Labute approximate surface area is 378 Å². The van der Waals surface area contributed by atoms with Crippen LogP contribution in [-0.4, -0.2) is 80.6 Å². The third-order valence-corrected chi connectivity index (χ3v) is 9.92. The molecule has 62 heavy (non-hydrogen) atoms. The predicted molar refractivity (Wildman–Crippen MR) is 261 cm³/mol. The highest BCUT2D eigenvalue weighted by molar-refractivity contribution is 5.72. The Balaban J connectivity index is 4.41. The third kappa shape index (κ3) is 41.3. The molecule has 0 aliphatic heterocycles. The maximum absolute atomic E-state index is 12.8. The fourth-order valence-electron chi connectivity index (χ4n) is 6.28. The van der Waals surface area contributed by atoms with E-state index in [2.05, 4.69) is 123 Å². The van der Waals surface area contributed by atoms with Crippen molar-refractivity contribution >= 4 is 17.9 Å². The maximum atomic E-state index is 12.8. The topological polar surface area (TPSA) is 99.1 Å². The number of esters is 2. The number of carbonyl (C=O) groups excluding carboxylic acids is 2. The molecule has 0 heterocycles. The van der Waals surface area contributed by atoms with Gasteiger partial charge in [0, 0.05) is 19.3 Å². The lowest BCUT2D eigenvalue weighted by Crippen LogP contribution is -2.50. The molecule has 2 unspecified atom stereocenters. The molecule has 0 amide bonds. The first kappa shape index (κ1) is 58.0. The molecule has 0 spiro atoms. The number of carbonyl (C=O) groups is 3. The van der Waals surface area contributed by atoms with E-state index < -0.39 is 18.1 Å². The normalized spacial score (nSPS) is 13.9. The van der Waals surface area contributed by atoms with Gasteiger partial charge < -0.3 is 23.8 Å². The van der Waals surface area contributed by atoms with Gasteiger partial charge in [-0.05, 0) is 96.3 Å². The summed E-state index contributed by atoms with van der Waals surface area (Å²) in [5.41, 5.74) is 0. The standard InChI is InChI=1S/C54H87NO7/c1-6-8-10-12-14-16-18-20-22-24-25-26-27-28-29-31-33-35-37-39-41-43-45-53(57)62-50(48-60-47-46-51(54(58)59)55(3,4)5)49-61-52(56)44-42-40-38-36-34-32-30-23-21-19-17-15-13-11-9-7-2/h8-11,14-17,20-23,25-26,28-29,33,35,50-51H,6-7,12-13,18-19,24,27,30-32,34,36-49H2,1-5H3/p+1/b10-8+,11-9+,16-14+,17-15+,22-20+,23-21+,26-25+,29-28+,35-33+. The largest absolute Gasteiger partial charge is 0.477 e. The molecule has 0 fully saturated rings. The van der Waals surface area contributed by atoms with E-state index in [9.17, 15) is 19.5 Å². The molecule has 2 atom stereocenters. The number of hydrogen-bond donors (Lipinski definition) is 1. The highest BCUT2D eigenvalue weighted by Crippen LogP contribution is 2.13. The number of likely N-dealkylation sites (N-methyl/N-ethyl adjacent to an activating group) is 1. The van der Waals surface area contributed by atoms with Crippen LogP contribution in [0.1, 0.15) is 162 Å². The zero-order chi connectivity index (χ0) is 45.6. The Morgan fingerprint density at radius 1 is 0.484 bits per heavy atom. The predicted octanol–water partition coefficient (Wildman–Crippen LogP) is 13.6. The van der Waals surface area contributed by atoms with Gasteiger partial charge in [0.05, 0.1) is 34.4 Å². The molecule has 0 aromatic rings. The molecule has 0 radical (unpaired) electrons. The Bertz CT molecular complexity index is 1370. The molecule has 0 aromatic carbocycles. The minimum Gasteiger partial charge on any atom is -0.477 e. The Kier molecular flexibility index (Phi) is 40.8. The van der Waals surface area contributed by atoms with Gasteiger partial charge >= 0.3 is 17.9 Å². The van der Waals surface area contributed by atoms with Gasteiger partial charge in [-0.3, -0.25) is 9.59 Å². The van der Waals surface area contributed by atoms with Crippen LogP contribution >= 0.6 is 0 Å². The number of aliphatic carboxylic acids is 1. The number of hydrogen-bond acceptors (Lipinski definition) is 6. The first-order chi connectivity index (χ1) is 30.1. The summed E-state index contributed by atoms with van der Waals surface area (Å²) < 4.78 is 17.3. The van der Waals surface area contributed by atoms with Crippen LogP contribution in [0.3, 0.4) is 0 Å². The average Bonchev–Trinajstić information content (AvgIpc) is 3.23. The van der Waals surface area contributed by atoms with E-state index in [-0.39, 0.29) is 42.7 Å². The zero-order valence-corrected chi connectivity index (χ0v) is 39.8. The lowest BCUT2D eigenvalue weighted by atomic mass is 10.1. The SMILES string of the molecule is CC/C=C/C/C=C/C/C=C/C/C=C/C/C=C/C/C=C/CCCCCC(=O)OC(COCCC(C(=O)O)[N+](C)(C)C)COC(=O)CCCCCCCC/C=C/C/C=C/C/C=C/CC. The van der Waals surface area contributed by atoms with Crippen molar-refractivity contribution in [1.82, 2.24) is 0 Å². The van der Waals surface area contributed by atoms with Crippen molar-refractivity contribution in [3.8, 4) is 0 Å². The molecular weight excluding hydrogens is 775 g/mol. The van der Waals surface area contributed by atoms with Crippen molar-refractivity contribution in [2.24, 2.45) is 0 Å². The summed E-state index contributed by atoms with van der Waals surface area (Å²) in [6, 6.07) is -0.630. The van der Waals surface area contributed by atoms with E-state index in [0.717, 1.165) is 109 Å². The van der Waals surface area contributed by atoms with E-state index in [1.54, 1.807) is 0 Å². The molecule has 350 valence electrons. The van der Waals surface area contributed by atoms with Gasteiger partial charge in [-0.25, -0.2) is 4.79 Å². The Morgan fingerprint density at radius 3 is 1.27 bits per heavy atom. The average molecular weight is 863 g/mol. The number of rotatable bonds is 41. The van der Waals surface area contributed by atoms with Crippen LogP contribution in [0.2, 0.25) is 0 Å². The van der Waals surface area contributed by atoms with Gasteiger partial charge in [-0.1, -0.05) is 155 Å². The summed E-state index contributed by atoms with van der Waals surface area (Å²) in [5.74, 6) is -1.54. The number of allylic oxidation sites excluding steroid dienone is 18. The van der Waals surface area contributed by atoms with Gasteiger partial charge in [-0.15, -0.1) is 0 Å². The molecule has 8 nitrogen and oxygen atoms in total. The van der Waals surface area contributed by atoms with Crippen LogP contribution in [0.4, 0.5) is 0 Å². The molecule has 0 saturated carbocycles. The highest BCUT2D eigenvalue weighted by atomic mass is 16.6. The minimum atomic E-state index is -0.888. The molecule has 8 heteroatoms. The highest BCUT2D eigenvalue weighted by Gasteiger charge is 2.31. The Morgan fingerprint density at radius 2 is 0.855 bits per heavy atom. The van der Waals surface area contributed by atoms with Crippen LogP contribution in [0, 0.1) is 0 Å². The molecule has 0 aromatic heterocycles. The van der Waals surface area contributed by atoms with Crippen molar-refractivity contribution in [3.05, 3.63) is 109 Å². The molecule has 0 aliphatic carbocycles. The van der Waals surface area contributed by atoms with Crippen molar-refractivity contribution in [2.75, 3.05) is 41.0 Å². The first-order valence-corrected chi connectivity index (χ1v) is 23.9. The molecule has 1 N–H and O–H groups in total. The van der Waals surface area contributed by atoms with Crippen molar-refractivity contribution < 1.29 is 38.2 Å². The Hall–Kier alpha value is -4.01. The molecule has 0 rings (SSSR count). The number of nitrogens with zero attached hydrogens (tertiary/aromatic N) is 1. The van der Waals surface area contributed by atoms with Crippen LogP contribution < -0.4 is 0 Å². The van der Waals surface area contributed by atoms with Gasteiger partial charge in [0.15, 0.2) is 12.1 Å². The van der Waals surface area contributed by atoms with Crippen LogP contribution in [0.5, 0.6) is 0 Å². The minimum absolute atomic E-state index is 0.0354. The number of carboxylic acids is 1. The molecule has 0 aliphatic rings. The summed E-state index contributed by atoms with van der Waals surface area (Å²) in [4.78, 5) is 37.1. The second-order valence-electron chi connectivity index (χ2n) is 16.6. The van der Waals surface area contributed by atoms with E-state index in [1.807, 2.05) is 21.1 Å². The zero-order valence-electron chi connectivity index (χ0n) is 39.8. The van der Waals surface area contributed by atoms with Gasteiger partial charge in [-0.2, -0.15) is 0 Å². The third-order valence-electron chi connectivity index (χ3n) is 9.92. The van der Waals surface area contributed by atoms with Crippen molar-refractivity contribution in [1.29, 1.82) is 0 Å². The van der Waals surface area contributed by atoms with Gasteiger partial charge in [0.2, 0.25) is 0 Å². The lowest BCUT2D eigenvalue weighted by molar-refractivity contribution is -0.887. The number of ether oxygens (including phenoxy) is 3. The van der Waals surface area contributed by atoms with Crippen LogP contribution in [0.15, 0.2) is 109 Å². The fraction of sp³-hybridized carbons (Fsp3) is 0.611. The van der Waals surface area contributed by atoms with E-state index >= 15 is 0 Å². The summed E-state index contributed by atoms with van der Waals surface area (Å²) in [7, 11) is 5.50. The summed E-state index contributed by atoms with van der Waals surface area (Å²) in [6.45, 7) is 4.44. The second-order valence-corrected chi connectivity index (χ2v) is 16.6. The molecule has 0 saturated heterocycles. The second kappa shape index (κ2) is 43.6. The maximum Gasteiger partial charge on any atom is 0.362 e. The summed E-state index contributed by atoms with van der Waals surface area (Å²) in [6.07, 6.45) is 59.9. The number of unbranched alkanes of at least 4 members (excludes halogenated alkanes) is 9. The summed E-state index contributed by atoms with van der Waals surface area (Å²) in [5, 5.41) is 9.64. The summed E-state index contributed by atoms with van der Waals surface area (Å²) >= 11 is 0. The lowest BCUT2D eigenvalue weighted by Gasteiger charge is -2.31. The quantitative estimate of drug-likeness (QED) is 0.0283. The van der Waals surface area contributed by atoms with Gasteiger partial charge in [0.25, 0.3) is 0 Å². The number of quaternary nitrogens is 1. The van der Waals surface area contributed by atoms with Crippen LogP contribution in [-0.2, 0) is 28.6 Å². The monoisotopic (exact) mass is 863 g/mol. The van der Waals surface area contributed by atoms with E-state index in [4.69, 9.17) is 14.2 Å². The first-order valence-electron chi connectivity index (χ1n) is 23.9.